The van der Waals surface area contributed by atoms with Crippen molar-refractivity contribution in [2.75, 3.05) is 7.05 Å². The molecule has 0 saturated heterocycles. The predicted octanol–water partition coefficient (Wildman–Crippen LogP) is 4.38. The van der Waals surface area contributed by atoms with Crippen LogP contribution in [0.25, 0.3) is 10.2 Å². The Hall–Kier alpha value is -0.930. The molecule has 2 unspecified atom stereocenters. The van der Waals surface area contributed by atoms with Crippen LogP contribution in [-0.4, -0.2) is 12.0 Å². The Morgan fingerprint density at radius 3 is 3.00 bits per heavy atom. The fraction of sp³-hybridized carbons (Fsp3) is 0.533. The van der Waals surface area contributed by atoms with Crippen LogP contribution in [0.3, 0.4) is 0 Å². The smallest absolute Gasteiger partial charge is 0.0809 e. The molecular formula is C15H22N2S. The van der Waals surface area contributed by atoms with Gasteiger partial charge in [-0.2, -0.15) is 0 Å². The lowest BCUT2D eigenvalue weighted by Crippen LogP contribution is -2.19. The summed E-state index contributed by atoms with van der Waals surface area (Å²) in [4.78, 5) is 4.53. The summed E-state index contributed by atoms with van der Waals surface area (Å²) in [5, 5.41) is 5.54. The lowest BCUT2D eigenvalue weighted by atomic mass is 9.94. The zero-order valence-corrected chi connectivity index (χ0v) is 12.3. The zero-order valence-electron chi connectivity index (χ0n) is 11.4. The minimum Gasteiger partial charge on any atom is -0.313 e. The van der Waals surface area contributed by atoms with Crippen molar-refractivity contribution in [1.29, 1.82) is 0 Å². The summed E-state index contributed by atoms with van der Waals surface area (Å²) in [6, 6.07) is 4.79. The summed E-state index contributed by atoms with van der Waals surface area (Å²) in [6.07, 6.45) is 5.77. The molecule has 0 aliphatic carbocycles. The van der Waals surface area contributed by atoms with E-state index in [2.05, 4.69) is 41.7 Å². The summed E-state index contributed by atoms with van der Waals surface area (Å²) in [5.41, 5.74) is 2.43. The third kappa shape index (κ3) is 3.09. The zero-order chi connectivity index (χ0) is 13.0. The van der Waals surface area contributed by atoms with Gasteiger partial charge in [-0.3, -0.25) is 4.98 Å². The van der Waals surface area contributed by atoms with Crippen molar-refractivity contribution in [3.8, 4) is 0 Å². The Morgan fingerprint density at radius 2 is 2.28 bits per heavy atom. The summed E-state index contributed by atoms with van der Waals surface area (Å²) < 4.78 is 1.29. The Kier molecular flexibility index (Phi) is 4.72. The molecule has 2 heterocycles. The van der Waals surface area contributed by atoms with E-state index >= 15 is 0 Å². The van der Waals surface area contributed by atoms with Gasteiger partial charge in [-0.05, 0) is 42.5 Å². The first-order chi connectivity index (χ1) is 8.74. The lowest BCUT2D eigenvalue weighted by molar-refractivity contribution is 0.406. The topological polar surface area (TPSA) is 24.9 Å². The second-order valence-corrected chi connectivity index (χ2v) is 5.99. The van der Waals surface area contributed by atoms with Gasteiger partial charge in [0.15, 0.2) is 0 Å². The molecule has 0 saturated carbocycles. The molecule has 2 rings (SSSR count). The van der Waals surface area contributed by atoms with Crippen LogP contribution in [0.1, 0.15) is 44.7 Å². The largest absolute Gasteiger partial charge is 0.313 e. The fourth-order valence-corrected chi connectivity index (χ4v) is 3.27. The fourth-order valence-electron chi connectivity index (χ4n) is 2.49. The predicted molar refractivity (Wildman–Crippen MR) is 80.1 cm³/mol. The van der Waals surface area contributed by atoms with Crippen LogP contribution in [0.15, 0.2) is 23.7 Å². The van der Waals surface area contributed by atoms with Crippen LogP contribution in [0.5, 0.6) is 0 Å². The lowest BCUT2D eigenvalue weighted by Gasteiger charge is -2.20. The summed E-state index contributed by atoms with van der Waals surface area (Å²) in [6.45, 7) is 4.59. The standard InChI is InChI=1S/C15H22N2S/c1-4-5-11(2)8-14(16-3)12-9-15-13(17-10-12)6-7-18-15/h6-7,9-11,14,16H,4-5,8H2,1-3H3. The van der Waals surface area contributed by atoms with E-state index in [0.29, 0.717) is 6.04 Å². The maximum atomic E-state index is 4.53. The van der Waals surface area contributed by atoms with Gasteiger partial charge in [-0.1, -0.05) is 26.7 Å². The van der Waals surface area contributed by atoms with Gasteiger partial charge in [-0.15, -0.1) is 11.3 Å². The highest BCUT2D eigenvalue weighted by atomic mass is 32.1. The molecule has 0 radical (unpaired) electrons. The van der Waals surface area contributed by atoms with Crippen LogP contribution in [-0.2, 0) is 0 Å². The van der Waals surface area contributed by atoms with Gasteiger partial charge in [0.05, 0.1) is 10.2 Å². The molecule has 2 aromatic heterocycles. The number of aromatic nitrogens is 1. The summed E-state index contributed by atoms with van der Waals surface area (Å²) in [7, 11) is 2.04. The summed E-state index contributed by atoms with van der Waals surface area (Å²) >= 11 is 1.77. The van der Waals surface area contributed by atoms with Crippen molar-refractivity contribution in [3.05, 3.63) is 29.3 Å². The van der Waals surface area contributed by atoms with Crippen LogP contribution >= 0.6 is 11.3 Å². The van der Waals surface area contributed by atoms with Gasteiger partial charge in [0.2, 0.25) is 0 Å². The number of fused-ring (bicyclic) bond motifs is 1. The first-order valence-corrected chi connectivity index (χ1v) is 7.63. The highest BCUT2D eigenvalue weighted by Gasteiger charge is 2.14. The Labute approximate surface area is 113 Å². The number of thiophene rings is 1. The maximum absolute atomic E-state index is 4.53. The van der Waals surface area contributed by atoms with Gasteiger partial charge in [0.1, 0.15) is 0 Å². The van der Waals surface area contributed by atoms with E-state index in [9.17, 15) is 0 Å². The van der Waals surface area contributed by atoms with E-state index in [1.54, 1.807) is 11.3 Å². The van der Waals surface area contributed by atoms with E-state index < -0.39 is 0 Å². The third-order valence-corrected chi connectivity index (χ3v) is 4.35. The number of hydrogen-bond donors (Lipinski definition) is 1. The minimum absolute atomic E-state index is 0.422. The van der Waals surface area contributed by atoms with Crippen LogP contribution in [0.2, 0.25) is 0 Å². The van der Waals surface area contributed by atoms with Gasteiger partial charge in [0, 0.05) is 12.2 Å². The molecule has 2 atom stereocenters. The second-order valence-electron chi connectivity index (χ2n) is 5.04. The molecule has 2 nitrogen and oxygen atoms in total. The molecule has 18 heavy (non-hydrogen) atoms. The number of pyridine rings is 1. The molecule has 0 aromatic carbocycles. The van der Waals surface area contributed by atoms with Crippen LogP contribution < -0.4 is 5.32 Å². The normalized spacial score (nSPS) is 14.8. The molecule has 0 spiro atoms. The van der Waals surface area contributed by atoms with Crippen molar-refractivity contribution >= 4 is 21.6 Å². The van der Waals surface area contributed by atoms with E-state index in [0.717, 1.165) is 11.4 Å². The molecular weight excluding hydrogens is 240 g/mol. The number of nitrogens with zero attached hydrogens (tertiary/aromatic N) is 1. The number of rotatable bonds is 6. The molecule has 0 amide bonds. The molecule has 1 N–H and O–H groups in total. The van der Waals surface area contributed by atoms with E-state index in [-0.39, 0.29) is 0 Å². The Bertz CT molecular complexity index is 492. The minimum atomic E-state index is 0.422. The van der Waals surface area contributed by atoms with Crippen LogP contribution in [0, 0.1) is 5.92 Å². The number of hydrogen-bond acceptors (Lipinski definition) is 3. The second kappa shape index (κ2) is 6.30. The third-order valence-electron chi connectivity index (χ3n) is 3.49. The highest BCUT2D eigenvalue weighted by Crippen LogP contribution is 2.27. The van der Waals surface area contributed by atoms with E-state index in [1.807, 2.05) is 13.2 Å². The van der Waals surface area contributed by atoms with Crippen molar-refractivity contribution in [3.63, 3.8) is 0 Å². The van der Waals surface area contributed by atoms with Crippen molar-refractivity contribution in [2.24, 2.45) is 5.92 Å². The average Bonchev–Trinajstić information content (AvgIpc) is 2.83. The molecule has 2 aromatic rings. The Balaban J connectivity index is 2.15. The maximum Gasteiger partial charge on any atom is 0.0809 e. The quantitative estimate of drug-likeness (QED) is 0.835. The monoisotopic (exact) mass is 262 g/mol. The molecule has 3 heteroatoms. The molecule has 0 fully saturated rings. The summed E-state index contributed by atoms with van der Waals surface area (Å²) in [5.74, 6) is 0.756. The highest BCUT2D eigenvalue weighted by molar-refractivity contribution is 7.17. The van der Waals surface area contributed by atoms with Gasteiger partial charge in [-0.25, -0.2) is 0 Å². The van der Waals surface area contributed by atoms with E-state index in [4.69, 9.17) is 0 Å². The first-order valence-electron chi connectivity index (χ1n) is 6.75. The van der Waals surface area contributed by atoms with Gasteiger partial charge >= 0.3 is 0 Å². The van der Waals surface area contributed by atoms with Gasteiger partial charge in [0.25, 0.3) is 0 Å². The van der Waals surface area contributed by atoms with Crippen molar-refractivity contribution < 1.29 is 0 Å². The average molecular weight is 262 g/mol. The van der Waals surface area contributed by atoms with Crippen molar-refractivity contribution in [2.45, 2.75) is 39.2 Å². The van der Waals surface area contributed by atoms with Crippen LogP contribution in [0.4, 0.5) is 0 Å². The first kappa shape index (κ1) is 13.5. The Morgan fingerprint density at radius 1 is 1.44 bits per heavy atom. The SMILES string of the molecule is CCCC(C)CC(NC)c1cnc2ccsc2c1. The molecule has 98 valence electrons. The van der Waals surface area contributed by atoms with Gasteiger partial charge < -0.3 is 5.32 Å². The molecule has 0 aliphatic heterocycles. The molecule has 0 bridgehead atoms. The van der Waals surface area contributed by atoms with E-state index in [1.165, 1.54) is 29.5 Å². The van der Waals surface area contributed by atoms with Crippen molar-refractivity contribution in [1.82, 2.24) is 10.3 Å². The number of nitrogens with one attached hydrogen (secondary N) is 1. The molecule has 0 aliphatic rings.